The summed E-state index contributed by atoms with van der Waals surface area (Å²) in [5.74, 6) is 1.03. The SMILES string of the molecule is CN(c1ccc2c(c1)nc(C(C)(C)C)n2CC1CCOCC1)S(=O)(=O)c1ccc(NCC(N)=O)cc1. The summed E-state index contributed by atoms with van der Waals surface area (Å²) in [4.78, 5) is 16.1. The van der Waals surface area contributed by atoms with Crippen molar-refractivity contribution in [2.45, 2.75) is 50.5 Å². The number of primary amides is 1. The van der Waals surface area contributed by atoms with Crippen LogP contribution >= 0.6 is 0 Å². The Labute approximate surface area is 212 Å². The zero-order chi connectivity index (χ0) is 26.1. The Balaban J connectivity index is 1.63. The summed E-state index contributed by atoms with van der Waals surface area (Å²) in [5, 5.41) is 2.85. The molecule has 1 fully saturated rings. The Bertz CT molecular complexity index is 1340. The van der Waals surface area contributed by atoms with Crippen LogP contribution in [-0.4, -0.2) is 50.7 Å². The van der Waals surface area contributed by atoms with Crippen LogP contribution in [0.5, 0.6) is 0 Å². The van der Waals surface area contributed by atoms with Crippen LogP contribution in [0.25, 0.3) is 11.0 Å². The van der Waals surface area contributed by atoms with Crippen molar-refractivity contribution in [1.29, 1.82) is 0 Å². The van der Waals surface area contributed by atoms with E-state index in [1.54, 1.807) is 19.2 Å². The van der Waals surface area contributed by atoms with Gasteiger partial charge in [-0.1, -0.05) is 20.8 Å². The van der Waals surface area contributed by atoms with E-state index in [0.29, 0.717) is 17.3 Å². The number of nitrogens with one attached hydrogen (secondary N) is 1. The normalized spacial score (nSPS) is 15.2. The van der Waals surface area contributed by atoms with Crippen molar-refractivity contribution in [3.05, 3.63) is 48.3 Å². The van der Waals surface area contributed by atoms with Gasteiger partial charge >= 0.3 is 0 Å². The highest BCUT2D eigenvalue weighted by molar-refractivity contribution is 7.92. The average molecular weight is 514 g/mol. The number of fused-ring (bicyclic) bond motifs is 1. The van der Waals surface area contributed by atoms with E-state index in [9.17, 15) is 13.2 Å². The fourth-order valence-corrected chi connectivity index (χ4v) is 5.68. The smallest absolute Gasteiger partial charge is 0.264 e. The van der Waals surface area contributed by atoms with Gasteiger partial charge in [-0.25, -0.2) is 13.4 Å². The molecule has 1 amide bonds. The minimum atomic E-state index is -3.80. The first-order valence-electron chi connectivity index (χ1n) is 12.2. The van der Waals surface area contributed by atoms with Crippen LogP contribution in [0.15, 0.2) is 47.4 Å². The third-order valence-electron chi connectivity index (χ3n) is 6.53. The second-order valence-corrected chi connectivity index (χ2v) is 12.3. The van der Waals surface area contributed by atoms with E-state index in [-0.39, 0.29) is 16.9 Å². The Kier molecular flexibility index (Phi) is 7.28. The fraction of sp³-hybridized carbons (Fsp3) is 0.462. The van der Waals surface area contributed by atoms with E-state index in [4.69, 9.17) is 15.5 Å². The van der Waals surface area contributed by atoms with E-state index in [2.05, 4.69) is 30.7 Å². The number of rotatable bonds is 8. The van der Waals surface area contributed by atoms with Crippen molar-refractivity contribution in [2.75, 3.05) is 36.4 Å². The van der Waals surface area contributed by atoms with Crippen molar-refractivity contribution in [3.8, 4) is 0 Å². The highest BCUT2D eigenvalue weighted by Gasteiger charge is 2.27. The summed E-state index contributed by atoms with van der Waals surface area (Å²) in [5.41, 5.74) is 7.92. The minimum Gasteiger partial charge on any atom is -0.381 e. The molecule has 0 spiro atoms. The lowest BCUT2D eigenvalue weighted by Crippen LogP contribution is -2.26. The van der Waals surface area contributed by atoms with E-state index in [0.717, 1.165) is 49.5 Å². The molecule has 0 aliphatic carbocycles. The van der Waals surface area contributed by atoms with Gasteiger partial charge in [0.15, 0.2) is 0 Å². The second-order valence-electron chi connectivity index (χ2n) is 10.3. The molecule has 194 valence electrons. The van der Waals surface area contributed by atoms with Crippen molar-refractivity contribution in [1.82, 2.24) is 9.55 Å². The van der Waals surface area contributed by atoms with Crippen LogP contribution in [0, 0.1) is 5.92 Å². The monoisotopic (exact) mass is 513 g/mol. The van der Waals surface area contributed by atoms with Gasteiger partial charge in [-0.15, -0.1) is 0 Å². The van der Waals surface area contributed by atoms with Gasteiger partial charge in [0.25, 0.3) is 10.0 Å². The molecule has 9 nitrogen and oxygen atoms in total. The van der Waals surface area contributed by atoms with Gasteiger partial charge in [0.1, 0.15) is 5.82 Å². The summed E-state index contributed by atoms with van der Waals surface area (Å²) in [6.07, 6.45) is 2.05. The van der Waals surface area contributed by atoms with Gasteiger partial charge in [-0.05, 0) is 61.2 Å². The Hall–Kier alpha value is -3.11. The molecule has 1 aliphatic rings. The number of benzene rings is 2. The largest absolute Gasteiger partial charge is 0.381 e. The number of anilines is 2. The minimum absolute atomic E-state index is 0.0241. The summed E-state index contributed by atoms with van der Waals surface area (Å²) >= 11 is 0. The van der Waals surface area contributed by atoms with Crippen molar-refractivity contribution in [3.63, 3.8) is 0 Å². The van der Waals surface area contributed by atoms with Gasteiger partial charge in [0.05, 0.1) is 28.2 Å². The van der Waals surface area contributed by atoms with Crippen LogP contribution in [0.2, 0.25) is 0 Å². The summed E-state index contributed by atoms with van der Waals surface area (Å²) < 4.78 is 35.8. The lowest BCUT2D eigenvalue weighted by Gasteiger charge is -2.26. The molecule has 3 N–H and O–H groups in total. The quantitative estimate of drug-likeness (QED) is 0.476. The van der Waals surface area contributed by atoms with Gasteiger partial charge in [-0.2, -0.15) is 0 Å². The highest BCUT2D eigenvalue weighted by Crippen LogP contribution is 2.32. The van der Waals surface area contributed by atoms with Crippen LogP contribution in [0.1, 0.15) is 39.4 Å². The van der Waals surface area contributed by atoms with Crippen LogP contribution in [0.3, 0.4) is 0 Å². The lowest BCUT2D eigenvalue weighted by atomic mass is 9.94. The Morgan fingerprint density at radius 2 is 1.83 bits per heavy atom. The number of sulfonamides is 1. The highest BCUT2D eigenvalue weighted by atomic mass is 32.2. The molecule has 10 heteroatoms. The molecule has 3 aromatic rings. The number of hydrogen-bond donors (Lipinski definition) is 2. The van der Waals surface area contributed by atoms with Gasteiger partial charge in [-0.3, -0.25) is 9.10 Å². The summed E-state index contributed by atoms with van der Waals surface area (Å²) in [7, 11) is -2.26. The number of aromatic nitrogens is 2. The molecule has 0 saturated carbocycles. The number of ether oxygens (including phenoxy) is 1. The maximum absolute atomic E-state index is 13.3. The average Bonchev–Trinajstić information content (AvgIpc) is 3.21. The first-order chi connectivity index (χ1) is 17.0. The molecule has 4 rings (SSSR count). The van der Waals surface area contributed by atoms with Crippen molar-refractivity contribution >= 4 is 38.3 Å². The molecule has 2 aromatic carbocycles. The molecule has 2 heterocycles. The first-order valence-corrected chi connectivity index (χ1v) is 13.6. The molecule has 0 atom stereocenters. The van der Waals surface area contributed by atoms with E-state index in [1.165, 1.54) is 16.4 Å². The molecule has 0 unspecified atom stereocenters. The lowest BCUT2D eigenvalue weighted by molar-refractivity contribution is -0.116. The maximum atomic E-state index is 13.3. The van der Waals surface area contributed by atoms with Crippen molar-refractivity contribution < 1.29 is 17.9 Å². The number of carbonyl (C=O) groups is 1. The zero-order valence-electron chi connectivity index (χ0n) is 21.3. The third kappa shape index (κ3) is 5.49. The summed E-state index contributed by atoms with van der Waals surface area (Å²) in [6.45, 7) is 8.87. The van der Waals surface area contributed by atoms with Crippen LogP contribution in [0.4, 0.5) is 11.4 Å². The van der Waals surface area contributed by atoms with E-state index in [1.807, 2.05) is 18.2 Å². The molecule has 1 aliphatic heterocycles. The molecule has 0 radical (unpaired) electrons. The predicted octanol–water partition coefficient (Wildman–Crippen LogP) is 3.48. The Morgan fingerprint density at radius 3 is 2.44 bits per heavy atom. The number of nitrogens with zero attached hydrogens (tertiary/aromatic N) is 3. The number of carbonyl (C=O) groups excluding carboxylic acids is 1. The molecule has 36 heavy (non-hydrogen) atoms. The molecule has 1 saturated heterocycles. The number of hydrogen-bond acceptors (Lipinski definition) is 6. The third-order valence-corrected chi connectivity index (χ3v) is 8.33. The van der Waals surface area contributed by atoms with E-state index >= 15 is 0 Å². The maximum Gasteiger partial charge on any atom is 0.264 e. The van der Waals surface area contributed by atoms with Gasteiger partial charge in [0.2, 0.25) is 5.91 Å². The van der Waals surface area contributed by atoms with Gasteiger partial charge < -0.3 is 20.4 Å². The van der Waals surface area contributed by atoms with Gasteiger partial charge in [0, 0.05) is 37.9 Å². The Morgan fingerprint density at radius 1 is 1.17 bits per heavy atom. The number of imidazole rings is 1. The standard InChI is InChI=1S/C26H35N5O4S/c1-26(2,3)25-29-22-15-20(7-10-23(22)31(25)17-18-11-13-35-14-12-18)30(4)36(33,34)21-8-5-19(6-9-21)28-16-24(27)32/h5-10,15,18,28H,11-14,16-17H2,1-4H3,(H2,27,32). The van der Waals surface area contributed by atoms with Crippen molar-refractivity contribution in [2.24, 2.45) is 11.7 Å². The first kappa shape index (κ1) is 26.0. The number of amides is 1. The predicted molar refractivity (Wildman–Crippen MR) is 142 cm³/mol. The number of nitrogens with two attached hydrogens (primary N) is 1. The summed E-state index contributed by atoms with van der Waals surface area (Å²) in [6, 6.07) is 11.9. The molecule has 0 bridgehead atoms. The molecule has 1 aromatic heterocycles. The molecular formula is C26H35N5O4S. The van der Waals surface area contributed by atoms with Crippen LogP contribution < -0.4 is 15.4 Å². The fourth-order valence-electron chi connectivity index (χ4n) is 4.49. The zero-order valence-corrected chi connectivity index (χ0v) is 22.1. The second kappa shape index (κ2) is 10.1. The topological polar surface area (TPSA) is 120 Å². The molecular weight excluding hydrogens is 478 g/mol. The van der Waals surface area contributed by atoms with Crippen LogP contribution in [-0.2, 0) is 31.5 Å². The van der Waals surface area contributed by atoms with E-state index < -0.39 is 15.9 Å².